The monoisotopic (exact) mass is 290 g/mol. The third kappa shape index (κ3) is 3.51. The fraction of sp³-hybridized carbons (Fsp3) is 0.286. The Morgan fingerprint density at radius 2 is 2.00 bits per heavy atom. The predicted molar refractivity (Wildman–Crippen MR) is 77.9 cm³/mol. The molecule has 2 aromatic heterocycles. The number of pyridine rings is 1. The number of nitrogens with zero attached hydrogens (tertiary/aromatic N) is 3. The highest BCUT2D eigenvalue weighted by molar-refractivity contribution is 6.29. The van der Waals surface area contributed by atoms with Gasteiger partial charge in [0.15, 0.2) is 5.82 Å². The van der Waals surface area contributed by atoms with Gasteiger partial charge in [-0.3, -0.25) is 9.78 Å². The van der Waals surface area contributed by atoms with Crippen LogP contribution in [-0.4, -0.2) is 20.9 Å². The van der Waals surface area contributed by atoms with Gasteiger partial charge in [0.25, 0.3) is 5.91 Å². The Labute approximate surface area is 122 Å². The molecule has 0 fully saturated rings. The fourth-order valence-corrected chi connectivity index (χ4v) is 1.77. The molecular weight excluding hydrogens is 276 g/mol. The van der Waals surface area contributed by atoms with Crippen molar-refractivity contribution in [3.05, 3.63) is 47.1 Å². The number of carbonyl (C=O) groups is 1. The van der Waals surface area contributed by atoms with Crippen molar-refractivity contribution in [3.63, 3.8) is 0 Å². The van der Waals surface area contributed by atoms with Crippen LogP contribution in [0, 0.1) is 0 Å². The zero-order valence-corrected chi connectivity index (χ0v) is 12.3. The molecule has 0 aromatic carbocycles. The zero-order chi connectivity index (χ0) is 14.8. The van der Waals surface area contributed by atoms with E-state index in [4.69, 9.17) is 11.6 Å². The Morgan fingerprint density at radius 3 is 2.60 bits per heavy atom. The van der Waals surface area contributed by atoms with Gasteiger partial charge in [0.1, 0.15) is 5.15 Å². The Kier molecular flexibility index (Phi) is 3.99. The van der Waals surface area contributed by atoms with Crippen molar-refractivity contribution in [1.82, 2.24) is 15.0 Å². The third-order valence-corrected chi connectivity index (χ3v) is 2.82. The molecule has 1 amide bonds. The molecule has 0 atom stereocenters. The van der Waals surface area contributed by atoms with E-state index in [1.54, 1.807) is 6.07 Å². The second kappa shape index (κ2) is 5.54. The SMILES string of the molecule is CC(C)(C)c1cc(C(=O)Nc2cnccn2)cc(Cl)n1. The quantitative estimate of drug-likeness (QED) is 0.863. The second-order valence-corrected chi connectivity index (χ2v) is 5.75. The van der Waals surface area contributed by atoms with E-state index in [0.717, 1.165) is 5.69 Å². The summed E-state index contributed by atoms with van der Waals surface area (Å²) in [5, 5.41) is 2.96. The van der Waals surface area contributed by atoms with Crippen molar-refractivity contribution in [3.8, 4) is 0 Å². The maximum Gasteiger partial charge on any atom is 0.257 e. The lowest BCUT2D eigenvalue weighted by molar-refractivity contribution is 0.102. The first kappa shape index (κ1) is 14.4. The van der Waals surface area contributed by atoms with E-state index >= 15 is 0 Å². The summed E-state index contributed by atoms with van der Waals surface area (Å²) in [6.07, 6.45) is 4.53. The Bertz CT molecular complexity index is 623. The van der Waals surface area contributed by atoms with Crippen molar-refractivity contribution in [2.75, 3.05) is 5.32 Å². The van der Waals surface area contributed by atoms with Crippen LogP contribution in [0.5, 0.6) is 0 Å². The average Bonchev–Trinajstić information content (AvgIpc) is 2.38. The average molecular weight is 291 g/mol. The number of hydrogen-bond acceptors (Lipinski definition) is 4. The molecule has 1 N–H and O–H groups in total. The van der Waals surface area contributed by atoms with Gasteiger partial charge >= 0.3 is 0 Å². The molecule has 0 aliphatic rings. The molecule has 0 spiro atoms. The van der Waals surface area contributed by atoms with E-state index in [2.05, 4.69) is 20.3 Å². The highest BCUT2D eigenvalue weighted by Gasteiger charge is 2.19. The number of rotatable bonds is 2. The van der Waals surface area contributed by atoms with Crippen LogP contribution in [0.2, 0.25) is 5.15 Å². The number of carbonyl (C=O) groups excluding carboxylic acids is 1. The minimum absolute atomic E-state index is 0.188. The normalized spacial score (nSPS) is 11.2. The summed E-state index contributed by atoms with van der Waals surface area (Å²) in [7, 11) is 0. The summed E-state index contributed by atoms with van der Waals surface area (Å²) in [4.78, 5) is 24.3. The minimum Gasteiger partial charge on any atom is -0.305 e. The van der Waals surface area contributed by atoms with Gasteiger partial charge in [0.2, 0.25) is 0 Å². The fourth-order valence-electron chi connectivity index (χ4n) is 1.56. The Balaban J connectivity index is 2.29. The number of aromatic nitrogens is 3. The number of halogens is 1. The number of hydrogen-bond donors (Lipinski definition) is 1. The van der Waals surface area contributed by atoms with Gasteiger partial charge in [0.05, 0.1) is 6.20 Å². The van der Waals surface area contributed by atoms with Crippen molar-refractivity contribution in [1.29, 1.82) is 0 Å². The summed E-state index contributed by atoms with van der Waals surface area (Å²) in [5.74, 6) is 0.100. The lowest BCUT2D eigenvalue weighted by Crippen LogP contribution is -2.18. The molecule has 0 aliphatic heterocycles. The van der Waals surface area contributed by atoms with Gasteiger partial charge in [-0.2, -0.15) is 0 Å². The maximum absolute atomic E-state index is 12.2. The van der Waals surface area contributed by atoms with E-state index in [-0.39, 0.29) is 11.3 Å². The Morgan fingerprint density at radius 1 is 1.25 bits per heavy atom. The van der Waals surface area contributed by atoms with Crippen molar-refractivity contribution in [2.45, 2.75) is 26.2 Å². The first-order valence-electron chi connectivity index (χ1n) is 6.12. The van der Waals surface area contributed by atoms with Crippen LogP contribution in [0.1, 0.15) is 36.8 Å². The molecule has 2 heterocycles. The number of anilines is 1. The Hall–Kier alpha value is -2.01. The van der Waals surface area contributed by atoms with Crippen LogP contribution in [0.25, 0.3) is 0 Å². The molecule has 2 rings (SSSR count). The van der Waals surface area contributed by atoms with Gasteiger partial charge in [0, 0.05) is 29.1 Å². The topological polar surface area (TPSA) is 67.8 Å². The minimum atomic E-state index is -0.291. The summed E-state index contributed by atoms with van der Waals surface area (Å²) in [6.45, 7) is 6.03. The molecule has 104 valence electrons. The number of nitrogens with one attached hydrogen (secondary N) is 1. The molecule has 0 aliphatic carbocycles. The van der Waals surface area contributed by atoms with Gasteiger partial charge in [-0.15, -0.1) is 0 Å². The molecule has 20 heavy (non-hydrogen) atoms. The van der Waals surface area contributed by atoms with Crippen LogP contribution in [0.3, 0.4) is 0 Å². The highest BCUT2D eigenvalue weighted by atomic mass is 35.5. The molecule has 0 radical (unpaired) electrons. The molecule has 0 unspecified atom stereocenters. The van der Waals surface area contributed by atoms with Gasteiger partial charge in [-0.1, -0.05) is 32.4 Å². The van der Waals surface area contributed by atoms with Crippen LogP contribution < -0.4 is 5.32 Å². The largest absolute Gasteiger partial charge is 0.305 e. The van der Waals surface area contributed by atoms with Gasteiger partial charge < -0.3 is 5.32 Å². The molecule has 0 saturated heterocycles. The molecule has 6 heteroatoms. The first-order chi connectivity index (χ1) is 9.36. The van der Waals surface area contributed by atoms with E-state index in [0.29, 0.717) is 16.5 Å². The molecule has 2 aromatic rings. The summed E-state index contributed by atoms with van der Waals surface area (Å²) >= 11 is 5.98. The van der Waals surface area contributed by atoms with Crippen molar-refractivity contribution >= 4 is 23.3 Å². The highest BCUT2D eigenvalue weighted by Crippen LogP contribution is 2.23. The predicted octanol–water partition coefficient (Wildman–Crippen LogP) is 3.07. The summed E-state index contributed by atoms with van der Waals surface area (Å²) < 4.78 is 0. The molecule has 0 saturated carbocycles. The van der Waals surface area contributed by atoms with E-state index in [9.17, 15) is 4.79 Å². The summed E-state index contributed by atoms with van der Waals surface area (Å²) in [6, 6.07) is 3.26. The van der Waals surface area contributed by atoms with Gasteiger partial charge in [-0.05, 0) is 12.1 Å². The van der Waals surface area contributed by atoms with E-state index in [1.807, 2.05) is 20.8 Å². The van der Waals surface area contributed by atoms with Crippen molar-refractivity contribution < 1.29 is 4.79 Å². The standard InChI is InChI=1S/C14H15ClN4O/c1-14(2,3)10-6-9(7-11(15)18-10)13(20)19-12-8-16-4-5-17-12/h4-8H,1-3H3,(H,17,19,20). The first-order valence-corrected chi connectivity index (χ1v) is 6.49. The van der Waals surface area contributed by atoms with Crippen LogP contribution in [0.15, 0.2) is 30.7 Å². The maximum atomic E-state index is 12.2. The smallest absolute Gasteiger partial charge is 0.257 e. The number of amides is 1. The van der Waals surface area contributed by atoms with Crippen molar-refractivity contribution in [2.24, 2.45) is 0 Å². The second-order valence-electron chi connectivity index (χ2n) is 5.36. The molecular formula is C14H15ClN4O. The summed E-state index contributed by atoms with van der Waals surface area (Å²) in [5.41, 5.74) is 1.02. The lowest BCUT2D eigenvalue weighted by Gasteiger charge is -2.18. The third-order valence-electron chi connectivity index (χ3n) is 2.63. The van der Waals surface area contributed by atoms with Crippen LogP contribution in [0.4, 0.5) is 5.82 Å². The van der Waals surface area contributed by atoms with Crippen LogP contribution >= 0.6 is 11.6 Å². The molecule has 0 bridgehead atoms. The lowest BCUT2D eigenvalue weighted by atomic mass is 9.91. The van der Waals surface area contributed by atoms with E-state index < -0.39 is 0 Å². The van der Waals surface area contributed by atoms with Crippen LogP contribution in [-0.2, 0) is 5.41 Å². The molecule has 5 nitrogen and oxygen atoms in total. The van der Waals surface area contributed by atoms with Gasteiger partial charge in [-0.25, -0.2) is 9.97 Å². The zero-order valence-electron chi connectivity index (χ0n) is 11.5. The van der Waals surface area contributed by atoms with E-state index in [1.165, 1.54) is 24.7 Å².